The molecule has 2 aromatic rings. The van der Waals surface area contributed by atoms with Crippen molar-refractivity contribution < 1.29 is 4.74 Å². The van der Waals surface area contributed by atoms with Crippen molar-refractivity contribution >= 4 is 11.8 Å². The van der Waals surface area contributed by atoms with Gasteiger partial charge in [-0.05, 0) is 26.0 Å². The first-order valence-electron chi connectivity index (χ1n) is 6.11. The summed E-state index contributed by atoms with van der Waals surface area (Å²) in [5, 5.41) is 1.06. The number of hydrogen-bond donors (Lipinski definition) is 0. The molecule has 94 valence electrons. The summed E-state index contributed by atoms with van der Waals surface area (Å²) in [4.78, 5) is 4.66. The van der Waals surface area contributed by atoms with Gasteiger partial charge in [0.2, 0.25) is 0 Å². The van der Waals surface area contributed by atoms with Gasteiger partial charge in [-0.2, -0.15) is 0 Å². The Bertz CT molecular complexity index is 546. The number of aryl methyl sites for hydroxylation is 1. The van der Waals surface area contributed by atoms with Gasteiger partial charge >= 0.3 is 0 Å². The highest BCUT2D eigenvalue weighted by atomic mass is 32.2. The van der Waals surface area contributed by atoms with Gasteiger partial charge in [-0.3, -0.25) is 4.57 Å². The Morgan fingerprint density at radius 2 is 2.06 bits per heavy atom. The molecule has 0 spiro atoms. The predicted molar refractivity (Wildman–Crippen MR) is 73.5 cm³/mol. The first-order valence-corrected chi connectivity index (χ1v) is 7.10. The summed E-state index contributed by atoms with van der Waals surface area (Å²) < 4.78 is 7.48. The van der Waals surface area contributed by atoms with Crippen LogP contribution >= 0.6 is 11.8 Å². The van der Waals surface area contributed by atoms with Crippen LogP contribution in [0.2, 0.25) is 0 Å². The molecule has 4 heteroatoms. The van der Waals surface area contributed by atoms with Crippen molar-refractivity contribution in [3.63, 3.8) is 0 Å². The molecular weight excluding hydrogens is 244 g/mol. The molecule has 0 saturated carbocycles. The minimum atomic E-state index is 0.427. The van der Waals surface area contributed by atoms with Gasteiger partial charge in [-0.25, -0.2) is 4.98 Å². The average Bonchev–Trinajstić information content (AvgIpc) is 3.16. The highest BCUT2D eigenvalue weighted by Crippen LogP contribution is 2.28. The summed E-state index contributed by atoms with van der Waals surface area (Å²) >= 11 is 1.77. The molecule has 0 radical (unpaired) electrons. The number of ether oxygens (including phenoxy) is 1. The lowest BCUT2D eigenvalue weighted by atomic mass is 10.3. The zero-order valence-corrected chi connectivity index (χ0v) is 11.4. The van der Waals surface area contributed by atoms with Gasteiger partial charge in [-0.15, -0.1) is 0 Å². The van der Waals surface area contributed by atoms with Gasteiger partial charge in [0.15, 0.2) is 5.16 Å². The van der Waals surface area contributed by atoms with E-state index in [1.165, 1.54) is 11.4 Å². The predicted octanol–water partition coefficient (Wildman–Crippen LogP) is 2.98. The Hall–Kier alpha value is -1.26. The van der Waals surface area contributed by atoms with E-state index in [0.29, 0.717) is 6.10 Å². The Labute approximate surface area is 111 Å². The number of thioether (sulfide) groups is 1. The molecule has 1 unspecified atom stereocenters. The molecule has 1 aromatic heterocycles. The molecule has 1 saturated heterocycles. The highest BCUT2D eigenvalue weighted by Gasteiger charge is 2.24. The van der Waals surface area contributed by atoms with Crippen molar-refractivity contribution in [2.75, 3.05) is 12.4 Å². The van der Waals surface area contributed by atoms with Crippen molar-refractivity contribution in [1.29, 1.82) is 0 Å². The van der Waals surface area contributed by atoms with Crippen molar-refractivity contribution in [3.05, 3.63) is 41.7 Å². The second-order valence-electron chi connectivity index (χ2n) is 4.50. The van der Waals surface area contributed by atoms with Crippen LogP contribution in [0.15, 0.2) is 35.5 Å². The Balaban J connectivity index is 1.95. The van der Waals surface area contributed by atoms with Crippen LogP contribution in [0.3, 0.4) is 0 Å². The van der Waals surface area contributed by atoms with E-state index >= 15 is 0 Å². The van der Waals surface area contributed by atoms with Gasteiger partial charge in [0, 0.05) is 17.1 Å². The summed E-state index contributed by atoms with van der Waals surface area (Å²) in [7, 11) is 0. The molecule has 1 fully saturated rings. The SMILES string of the molecule is Cc1nc(SCC2CO2)n(-c2ccccc2)c1C. The molecular formula is C14H16N2OS. The van der Waals surface area contributed by atoms with Gasteiger partial charge < -0.3 is 4.74 Å². The quantitative estimate of drug-likeness (QED) is 0.625. The maximum atomic E-state index is 5.25. The molecule has 0 N–H and O–H groups in total. The van der Waals surface area contributed by atoms with Gasteiger partial charge in [0.05, 0.1) is 18.4 Å². The van der Waals surface area contributed by atoms with E-state index in [-0.39, 0.29) is 0 Å². The smallest absolute Gasteiger partial charge is 0.173 e. The molecule has 2 heterocycles. The standard InChI is InChI=1S/C14H16N2OS/c1-10-11(2)16(12-6-4-3-5-7-12)14(15-10)18-9-13-8-17-13/h3-7,13H,8-9H2,1-2H3. The molecule has 1 aliphatic heterocycles. The molecule has 0 amide bonds. The lowest BCUT2D eigenvalue weighted by Crippen LogP contribution is -2.00. The molecule has 18 heavy (non-hydrogen) atoms. The van der Waals surface area contributed by atoms with Crippen LogP contribution in [0.1, 0.15) is 11.4 Å². The van der Waals surface area contributed by atoms with Crippen LogP contribution < -0.4 is 0 Å². The maximum Gasteiger partial charge on any atom is 0.173 e. The molecule has 1 aliphatic rings. The van der Waals surface area contributed by atoms with Gasteiger partial charge in [-0.1, -0.05) is 30.0 Å². The zero-order valence-electron chi connectivity index (χ0n) is 10.6. The first kappa shape index (κ1) is 11.8. The minimum absolute atomic E-state index is 0.427. The van der Waals surface area contributed by atoms with Crippen LogP contribution in [0.4, 0.5) is 0 Å². The first-order chi connectivity index (χ1) is 8.75. The summed E-state index contributed by atoms with van der Waals surface area (Å²) in [5.74, 6) is 0.989. The third kappa shape index (κ3) is 2.31. The highest BCUT2D eigenvalue weighted by molar-refractivity contribution is 7.99. The lowest BCUT2D eigenvalue weighted by Gasteiger charge is -2.09. The number of rotatable bonds is 4. The molecule has 0 bridgehead atoms. The Kier molecular flexibility index (Phi) is 3.14. The zero-order chi connectivity index (χ0) is 12.5. The second-order valence-corrected chi connectivity index (χ2v) is 5.49. The van der Waals surface area contributed by atoms with E-state index in [9.17, 15) is 0 Å². The van der Waals surface area contributed by atoms with E-state index in [0.717, 1.165) is 23.2 Å². The fourth-order valence-electron chi connectivity index (χ4n) is 1.89. The minimum Gasteiger partial charge on any atom is -0.372 e. The Morgan fingerprint density at radius 3 is 2.72 bits per heavy atom. The fourth-order valence-corrected chi connectivity index (χ4v) is 2.99. The van der Waals surface area contributed by atoms with Crippen molar-refractivity contribution in [3.8, 4) is 5.69 Å². The van der Waals surface area contributed by atoms with E-state index in [1.54, 1.807) is 11.8 Å². The van der Waals surface area contributed by atoms with Crippen molar-refractivity contribution in [2.45, 2.75) is 25.1 Å². The van der Waals surface area contributed by atoms with E-state index in [1.807, 2.05) is 6.07 Å². The number of imidazole rings is 1. The van der Waals surface area contributed by atoms with E-state index < -0.39 is 0 Å². The molecule has 3 nitrogen and oxygen atoms in total. The molecule has 0 aliphatic carbocycles. The van der Waals surface area contributed by atoms with Crippen molar-refractivity contribution in [1.82, 2.24) is 9.55 Å². The Morgan fingerprint density at radius 1 is 1.33 bits per heavy atom. The van der Waals surface area contributed by atoms with Crippen molar-refractivity contribution in [2.24, 2.45) is 0 Å². The number of aromatic nitrogens is 2. The van der Waals surface area contributed by atoms with Crippen LogP contribution in [0.25, 0.3) is 5.69 Å². The second kappa shape index (κ2) is 4.78. The topological polar surface area (TPSA) is 30.4 Å². The summed E-state index contributed by atoms with van der Waals surface area (Å²) in [6, 6.07) is 10.4. The number of nitrogens with zero attached hydrogens (tertiary/aromatic N) is 2. The summed E-state index contributed by atoms with van der Waals surface area (Å²) in [6.07, 6.45) is 0.427. The number of benzene rings is 1. The lowest BCUT2D eigenvalue weighted by molar-refractivity contribution is 0.426. The summed E-state index contributed by atoms with van der Waals surface area (Å²) in [5.41, 5.74) is 3.48. The van der Waals surface area contributed by atoms with Crippen LogP contribution in [-0.2, 0) is 4.74 Å². The van der Waals surface area contributed by atoms with E-state index in [2.05, 4.69) is 47.7 Å². The van der Waals surface area contributed by atoms with Crippen LogP contribution in [-0.4, -0.2) is 28.0 Å². The average molecular weight is 260 g/mol. The van der Waals surface area contributed by atoms with E-state index in [4.69, 9.17) is 4.74 Å². The normalized spacial score (nSPS) is 18.0. The van der Waals surface area contributed by atoms with Gasteiger partial charge in [0.25, 0.3) is 0 Å². The number of para-hydroxylation sites is 1. The van der Waals surface area contributed by atoms with Crippen LogP contribution in [0, 0.1) is 13.8 Å². The third-order valence-electron chi connectivity index (χ3n) is 3.13. The summed E-state index contributed by atoms with van der Waals surface area (Å²) in [6.45, 7) is 5.08. The largest absolute Gasteiger partial charge is 0.372 e. The third-order valence-corrected chi connectivity index (χ3v) is 4.20. The van der Waals surface area contributed by atoms with Crippen LogP contribution in [0.5, 0.6) is 0 Å². The fraction of sp³-hybridized carbons (Fsp3) is 0.357. The number of epoxide rings is 1. The molecule has 1 aromatic carbocycles. The maximum absolute atomic E-state index is 5.25. The molecule has 3 rings (SSSR count). The monoisotopic (exact) mass is 260 g/mol. The number of hydrogen-bond acceptors (Lipinski definition) is 3. The molecule has 1 atom stereocenters. The van der Waals surface area contributed by atoms with Gasteiger partial charge in [0.1, 0.15) is 0 Å².